The highest BCUT2D eigenvalue weighted by Gasteiger charge is 2.18. The van der Waals surface area contributed by atoms with Gasteiger partial charge in [-0.25, -0.2) is 4.98 Å². The van der Waals surface area contributed by atoms with Gasteiger partial charge in [-0.05, 0) is 43.2 Å². The molecule has 0 fully saturated rings. The summed E-state index contributed by atoms with van der Waals surface area (Å²) in [6.07, 6.45) is 3.08. The van der Waals surface area contributed by atoms with Crippen LogP contribution in [0.5, 0.6) is 11.5 Å². The van der Waals surface area contributed by atoms with Crippen LogP contribution in [-0.4, -0.2) is 29.2 Å². The lowest BCUT2D eigenvalue weighted by atomic mass is 10.1. The molecule has 1 aromatic heterocycles. The predicted molar refractivity (Wildman–Crippen MR) is 119 cm³/mol. The number of allylic oxidation sites excluding steroid dienone is 1. The number of ether oxygens (including phenoxy) is 2. The Morgan fingerprint density at radius 3 is 2.80 bits per heavy atom. The van der Waals surface area contributed by atoms with Crippen LogP contribution in [0.1, 0.15) is 37.7 Å². The normalized spacial score (nSPS) is 11.8. The van der Waals surface area contributed by atoms with Crippen LogP contribution in [0, 0.1) is 0 Å². The molecule has 1 atom stereocenters. The Labute approximate surface area is 177 Å². The minimum atomic E-state index is -0.197. The summed E-state index contributed by atoms with van der Waals surface area (Å²) >= 11 is 0. The van der Waals surface area contributed by atoms with Gasteiger partial charge in [0.15, 0.2) is 11.5 Å². The molecule has 1 amide bonds. The lowest BCUT2D eigenvalue weighted by Crippen LogP contribution is -2.28. The highest BCUT2D eigenvalue weighted by Crippen LogP contribution is 2.29. The first kappa shape index (κ1) is 21.4. The van der Waals surface area contributed by atoms with Gasteiger partial charge in [-0.15, -0.1) is 6.58 Å². The molecule has 3 rings (SSSR count). The van der Waals surface area contributed by atoms with E-state index in [4.69, 9.17) is 14.5 Å². The van der Waals surface area contributed by atoms with Crippen molar-refractivity contribution in [2.75, 3.05) is 13.7 Å². The molecule has 0 saturated carbocycles. The third-order valence-electron chi connectivity index (χ3n) is 4.95. The van der Waals surface area contributed by atoms with Crippen molar-refractivity contribution in [2.24, 2.45) is 0 Å². The summed E-state index contributed by atoms with van der Waals surface area (Å²) in [6.45, 7) is 8.61. The predicted octanol–water partition coefficient (Wildman–Crippen LogP) is 4.44. The molecule has 0 saturated heterocycles. The summed E-state index contributed by atoms with van der Waals surface area (Å²) in [5.41, 5.74) is 3.04. The second-order valence-electron chi connectivity index (χ2n) is 7.08. The first-order valence-corrected chi connectivity index (χ1v) is 10.2. The Bertz CT molecular complexity index is 1030. The highest BCUT2D eigenvalue weighted by molar-refractivity contribution is 5.77. The fraction of sp³-hybridized carbons (Fsp3) is 0.333. The van der Waals surface area contributed by atoms with Crippen molar-refractivity contribution in [2.45, 2.75) is 39.3 Å². The van der Waals surface area contributed by atoms with Crippen molar-refractivity contribution in [3.05, 3.63) is 66.5 Å². The van der Waals surface area contributed by atoms with Gasteiger partial charge in [0.25, 0.3) is 0 Å². The molecule has 0 aliphatic carbocycles. The van der Waals surface area contributed by atoms with Gasteiger partial charge in [0.2, 0.25) is 5.91 Å². The van der Waals surface area contributed by atoms with E-state index in [0.29, 0.717) is 31.1 Å². The number of para-hydroxylation sites is 2. The standard InChI is InChI=1S/C24H29N3O3/c1-5-9-18-12-13-21(22(16-18)29-4)30-15-14-27-20-11-8-7-10-19(20)26-24(27)17(3)25-23(28)6-2/h5,7-8,10-13,16-17H,1,6,9,14-15H2,2-4H3,(H,25,28). The maximum absolute atomic E-state index is 11.9. The fourth-order valence-corrected chi connectivity index (χ4v) is 3.44. The Balaban J connectivity index is 1.79. The van der Waals surface area contributed by atoms with Gasteiger partial charge in [0.05, 0.1) is 30.7 Å². The number of nitrogens with one attached hydrogen (secondary N) is 1. The molecule has 6 heteroatoms. The number of rotatable bonds is 10. The van der Waals surface area contributed by atoms with E-state index in [-0.39, 0.29) is 11.9 Å². The average Bonchev–Trinajstić information content (AvgIpc) is 3.13. The van der Waals surface area contributed by atoms with Crippen molar-refractivity contribution in [1.82, 2.24) is 14.9 Å². The van der Waals surface area contributed by atoms with E-state index in [1.807, 2.05) is 62.4 Å². The Kier molecular flexibility index (Phi) is 7.12. The van der Waals surface area contributed by atoms with Gasteiger partial charge >= 0.3 is 0 Å². The zero-order chi connectivity index (χ0) is 21.5. The second kappa shape index (κ2) is 9.96. The SMILES string of the molecule is C=CCc1ccc(OCCn2c(C(C)NC(=O)CC)nc3ccccc32)c(OC)c1. The fourth-order valence-electron chi connectivity index (χ4n) is 3.44. The number of aromatic nitrogens is 2. The Morgan fingerprint density at radius 2 is 2.07 bits per heavy atom. The van der Waals surface area contributed by atoms with Gasteiger partial charge < -0.3 is 19.4 Å². The number of methoxy groups -OCH3 is 1. The number of imidazole rings is 1. The van der Waals surface area contributed by atoms with Gasteiger partial charge in [-0.1, -0.05) is 31.2 Å². The number of amides is 1. The first-order chi connectivity index (χ1) is 14.6. The zero-order valence-electron chi connectivity index (χ0n) is 17.9. The maximum Gasteiger partial charge on any atom is 0.220 e. The molecule has 1 unspecified atom stereocenters. The van der Waals surface area contributed by atoms with E-state index in [1.165, 1.54) is 0 Å². The molecule has 1 N–H and O–H groups in total. The minimum Gasteiger partial charge on any atom is -0.493 e. The van der Waals surface area contributed by atoms with E-state index in [1.54, 1.807) is 7.11 Å². The monoisotopic (exact) mass is 407 g/mol. The van der Waals surface area contributed by atoms with E-state index < -0.39 is 0 Å². The molecule has 0 bridgehead atoms. The van der Waals surface area contributed by atoms with Crippen LogP contribution in [0.15, 0.2) is 55.1 Å². The molecule has 30 heavy (non-hydrogen) atoms. The molecule has 6 nitrogen and oxygen atoms in total. The number of fused-ring (bicyclic) bond motifs is 1. The molecular weight excluding hydrogens is 378 g/mol. The van der Waals surface area contributed by atoms with Crippen LogP contribution in [0.3, 0.4) is 0 Å². The molecule has 0 aliphatic rings. The summed E-state index contributed by atoms with van der Waals surface area (Å²) < 4.78 is 13.6. The summed E-state index contributed by atoms with van der Waals surface area (Å²) in [4.78, 5) is 16.6. The number of hydrogen-bond acceptors (Lipinski definition) is 4. The summed E-state index contributed by atoms with van der Waals surface area (Å²) in [7, 11) is 1.64. The Hall–Kier alpha value is -3.28. The molecule has 3 aromatic rings. The van der Waals surface area contributed by atoms with E-state index in [2.05, 4.69) is 16.5 Å². The minimum absolute atomic E-state index is 0.00158. The van der Waals surface area contributed by atoms with E-state index >= 15 is 0 Å². The number of hydrogen-bond donors (Lipinski definition) is 1. The third kappa shape index (κ3) is 4.82. The van der Waals surface area contributed by atoms with Gasteiger partial charge in [0, 0.05) is 6.42 Å². The summed E-state index contributed by atoms with van der Waals surface area (Å²) in [6, 6.07) is 13.7. The van der Waals surface area contributed by atoms with Crippen LogP contribution in [0.4, 0.5) is 0 Å². The topological polar surface area (TPSA) is 65.4 Å². The van der Waals surface area contributed by atoms with E-state index in [9.17, 15) is 4.79 Å². The molecule has 1 heterocycles. The largest absolute Gasteiger partial charge is 0.493 e. The average molecular weight is 408 g/mol. The van der Waals surface area contributed by atoms with Crippen LogP contribution < -0.4 is 14.8 Å². The number of carbonyl (C=O) groups is 1. The third-order valence-corrected chi connectivity index (χ3v) is 4.95. The van der Waals surface area contributed by atoms with Crippen molar-refractivity contribution in [1.29, 1.82) is 0 Å². The van der Waals surface area contributed by atoms with Crippen molar-refractivity contribution < 1.29 is 14.3 Å². The molecule has 0 radical (unpaired) electrons. The number of benzene rings is 2. The second-order valence-corrected chi connectivity index (χ2v) is 7.08. The van der Waals surface area contributed by atoms with Gasteiger partial charge in [0.1, 0.15) is 12.4 Å². The molecular formula is C24H29N3O3. The maximum atomic E-state index is 11.9. The molecule has 0 spiro atoms. The zero-order valence-corrected chi connectivity index (χ0v) is 17.9. The molecule has 158 valence electrons. The molecule has 2 aromatic carbocycles. The van der Waals surface area contributed by atoms with Crippen LogP contribution >= 0.6 is 0 Å². The van der Waals surface area contributed by atoms with Crippen LogP contribution in [0.2, 0.25) is 0 Å². The lowest BCUT2D eigenvalue weighted by molar-refractivity contribution is -0.121. The van der Waals surface area contributed by atoms with E-state index in [0.717, 1.165) is 28.8 Å². The first-order valence-electron chi connectivity index (χ1n) is 10.2. The Morgan fingerprint density at radius 1 is 1.27 bits per heavy atom. The van der Waals surface area contributed by atoms with Crippen molar-refractivity contribution in [3.8, 4) is 11.5 Å². The summed E-state index contributed by atoms with van der Waals surface area (Å²) in [5, 5.41) is 3.00. The summed E-state index contributed by atoms with van der Waals surface area (Å²) in [5.74, 6) is 2.22. The molecule has 0 aliphatic heterocycles. The van der Waals surface area contributed by atoms with Gasteiger partial charge in [-0.3, -0.25) is 4.79 Å². The van der Waals surface area contributed by atoms with Crippen LogP contribution in [-0.2, 0) is 17.8 Å². The smallest absolute Gasteiger partial charge is 0.220 e. The van der Waals surface area contributed by atoms with Crippen molar-refractivity contribution in [3.63, 3.8) is 0 Å². The number of nitrogens with zero attached hydrogens (tertiary/aromatic N) is 2. The lowest BCUT2D eigenvalue weighted by Gasteiger charge is -2.17. The number of carbonyl (C=O) groups excluding carboxylic acids is 1. The highest BCUT2D eigenvalue weighted by atomic mass is 16.5. The van der Waals surface area contributed by atoms with Gasteiger partial charge in [-0.2, -0.15) is 0 Å². The van der Waals surface area contributed by atoms with Crippen molar-refractivity contribution >= 4 is 16.9 Å². The quantitative estimate of drug-likeness (QED) is 0.505. The van der Waals surface area contributed by atoms with Crippen LogP contribution in [0.25, 0.3) is 11.0 Å².